The number of carbonyl (C=O) groups is 3. The number of aromatic nitrogens is 2. The van der Waals surface area contributed by atoms with Crippen molar-refractivity contribution in [2.24, 2.45) is 5.92 Å². The van der Waals surface area contributed by atoms with E-state index >= 15 is 0 Å². The van der Waals surface area contributed by atoms with Crippen LogP contribution in [-0.2, 0) is 31.9 Å². The lowest BCUT2D eigenvalue weighted by Gasteiger charge is -2.18. The van der Waals surface area contributed by atoms with Gasteiger partial charge in [-0.15, -0.1) is 0 Å². The van der Waals surface area contributed by atoms with Crippen molar-refractivity contribution in [2.45, 2.75) is 43.9 Å². The summed E-state index contributed by atoms with van der Waals surface area (Å²) >= 11 is 0. The summed E-state index contributed by atoms with van der Waals surface area (Å²) in [5.74, 6) is 0.0828. The van der Waals surface area contributed by atoms with Gasteiger partial charge in [0.15, 0.2) is 18.2 Å². The molecule has 1 aromatic carbocycles. The fourth-order valence-corrected chi connectivity index (χ4v) is 6.06. The predicted molar refractivity (Wildman–Crippen MR) is 149 cm³/mol. The van der Waals surface area contributed by atoms with Gasteiger partial charge in [-0.3, -0.25) is 19.4 Å². The molecule has 0 radical (unpaired) electrons. The molecule has 2 unspecified atom stereocenters. The summed E-state index contributed by atoms with van der Waals surface area (Å²) < 4.78 is 31.1. The summed E-state index contributed by atoms with van der Waals surface area (Å²) in [4.78, 5) is 48.6. The lowest BCUT2D eigenvalue weighted by Crippen LogP contribution is -2.37. The number of methoxy groups -OCH3 is 1. The van der Waals surface area contributed by atoms with Gasteiger partial charge in [0.2, 0.25) is 5.91 Å². The van der Waals surface area contributed by atoms with Crippen LogP contribution in [0.4, 0.5) is 26.5 Å². The summed E-state index contributed by atoms with van der Waals surface area (Å²) in [6.07, 6.45) is 3.08. The number of benzene rings is 1. The zero-order valence-corrected chi connectivity index (χ0v) is 23.5. The number of hydrogen-bond donors (Lipinski definition) is 3. The number of likely N-dealkylation sites (N-methyl/N-ethyl adjacent to an activating group) is 1. The van der Waals surface area contributed by atoms with Crippen LogP contribution in [0.15, 0.2) is 18.3 Å². The van der Waals surface area contributed by atoms with Gasteiger partial charge < -0.3 is 30.2 Å². The van der Waals surface area contributed by atoms with Crippen LogP contribution >= 0.6 is 0 Å². The van der Waals surface area contributed by atoms with E-state index in [0.29, 0.717) is 63.1 Å². The fraction of sp³-hybridized carbons (Fsp3) is 0.536. The first-order valence-electron chi connectivity index (χ1n) is 14.1. The molecule has 224 valence electrons. The molecule has 42 heavy (non-hydrogen) atoms. The normalized spacial score (nSPS) is 25.1. The van der Waals surface area contributed by atoms with Crippen LogP contribution in [0.3, 0.4) is 0 Å². The van der Waals surface area contributed by atoms with Crippen LogP contribution in [0.2, 0.25) is 0 Å². The number of nitrogens with one attached hydrogen (secondary N) is 3. The topological polar surface area (TPSA) is 147 Å². The quantitative estimate of drug-likeness (QED) is 0.370. The van der Waals surface area contributed by atoms with E-state index in [0.717, 1.165) is 5.56 Å². The molecule has 2 aromatic rings. The van der Waals surface area contributed by atoms with E-state index in [1.165, 1.54) is 17.2 Å². The van der Waals surface area contributed by atoms with Gasteiger partial charge in [-0.25, -0.2) is 19.2 Å². The number of amides is 3. The molecule has 0 bridgehead atoms. The number of hydrogen-bond acceptors (Lipinski definition) is 10. The molecule has 1 aliphatic carbocycles. The lowest BCUT2D eigenvalue weighted by molar-refractivity contribution is -0.120. The second kappa shape index (κ2) is 11.8. The molecule has 4 atom stereocenters. The van der Waals surface area contributed by atoms with Crippen LogP contribution < -0.4 is 25.6 Å². The van der Waals surface area contributed by atoms with Gasteiger partial charge in [0, 0.05) is 19.3 Å². The third kappa shape index (κ3) is 5.87. The minimum Gasteiger partial charge on any atom is -0.465 e. The summed E-state index contributed by atoms with van der Waals surface area (Å²) in [5, 5.41) is 8.89. The molecule has 2 saturated heterocycles. The number of anilines is 3. The first-order valence-corrected chi connectivity index (χ1v) is 14.1. The van der Waals surface area contributed by atoms with Crippen molar-refractivity contribution in [1.82, 2.24) is 20.2 Å². The van der Waals surface area contributed by atoms with Gasteiger partial charge in [-0.05, 0) is 75.0 Å². The molecule has 1 aromatic heterocycles. The Bertz CT molecular complexity index is 1390. The van der Waals surface area contributed by atoms with Crippen LogP contribution in [-0.4, -0.2) is 98.0 Å². The number of ether oxygens (including phenoxy) is 3. The Morgan fingerprint density at radius 3 is 2.93 bits per heavy atom. The van der Waals surface area contributed by atoms with E-state index in [1.54, 1.807) is 7.11 Å². The first kappa shape index (κ1) is 28.2. The Morgan fingerprint density at radius 1 is 1.26 bits per heavy atom. The second-order valence-corrected chi connectivity index (χ2v) is 11.2. The first-order chi connectivity index (χ1) is 20.3. The van der Waals surface area contributed by atoms with E-state index in [1.807, 2.05) is 18.0 Å². The van der Waals surface area contributed by atoms with Gasteiger partial charge in [0.1, 0.15) is 11.9 Å². The second-order valence-electron chi connectivity index (χ2n) is 11.2. The minimum atomic E-state index is -0.528. The van der Waals surface area contributed by atoms with Crippen LogP contribution in [0, 0.1) is 11.7 Å². The number of carbonyl (C=O) groups excluding carboxylic acids is 3. The highest BCUT2D eigenvalue weighted by molar-refractivity contribution is 5.95. The Balaban J connectivity index is 0.963. The van der Waals surface area contributed by atoms with Crippen molar-refractivity contribution < 1.29 is 33.0 Å². The summed E-state index contributed by atoms with van der Waals surface area (Å²) in [7, 11) is 3.53. The van der Waals surface area contributed by atoms with Crippen molar-refractivity contribution in [1.29, 1.82) is 0 Å². The van der Waals surface area contributed by atoms with Crippen molar-refractivity contribution >= 4 is 35.2 Å². The van der Waals surface area contributed by atoms with E-state index in [9.17, 15) is 18.8 Å². The molecule has 3 amide bonds. The maximum atomic E-state index is 15.0. The predicted octanol–water partition coefficient (Wildman–Crippen LogP) is 1.32. The highest BCUT2D eigenvalue weighted by Gasteiger charge is 2.36. The number of fused-ring (bicyclic) bond motifs is 2. The molecule has 0 spiro atoms. The van der Waals surface area contributed by atoms with E-state index in [2.05, 4.69) is 25.9 Å². The van der Waals surface area contributed by atoms with Crippen LogP contribution in [0.25, 0.3) is 0 Å². The Kier molecular flexibility index (Phi) is 7.92. The van der Waals surface area contributed by atoms with Gasteiger partial charge in [0.25, 0.3) is 11.8 Å². The van der Waals surface area contributed by atoms with E-state index in [4.69, 9.17) is 14.2 Å². The number of rotatable bonds is 9. The molecule has 2 fully saturated rings. The van der Waals surface area contributed by atoms with Gasteiger partial charge >= 0.3 is 6.09 Å². The maximum Gasteiger partial charge on any atom is 0.415 e. The number of nitrogens with zero attached hydrogens (tertiary/aromatic N) is 4. The summed E-state index contributed by atoms with van der Waals surface area (Å²) in [6, 6.07) is 2.98. The van der Waals surface area contributed by atoms with Gasteiger partial charge in [-0.1, -0.05) is 0 Å². The third-order valence-electron chi connectivity index (χ3n) is 8.25. The standard InChI is InChI=1S/C28H34FN7O6/c1-35-12-19(40-2)9-22(35)26(38)32-17-7-16-5-15(6-20(16)21(29)8-17)10-30-4-3-18-13-36(28(39)42-18)23-11-31-27-25(33-23)34-24(37)14-41-27/h7-8,11,15,18-19,22,30H,3-6,9-10,12-14H2,1-2H3,(H,32,38)(H,33,34,37)/t15?,18?,19-,22+/m1/s1. The monoisotopic (exact) mass is 583 g/mol. The van der Waals surface area contributed by atoms with E-state index in [-0.39, 0.29) is 65.9 Å². The number of cyclic esters (lactones) is 1. The van der Waals surface area contributed by atoms with Gasteiger partial charge in [0.05, 0.1) is 24.9 Å². The molecule has 6 rings (SSSR count). The smallest absolute Gasteiger partial charge is 0.415 e. The Morgan fingerprint density at radius 2 is 2.12 bits per heavy atom. The molecule has 3 aliphatic heterocycles. The van der Waals surface area contributed by atoms with Gasteiger partial charge in [-0.2, -0.15) is 0 Å². The zero-order chi connectivity index (χ0) is 29.4. The number of likely N-dealkylation sites (tertiary alicyclic amines) is 1. The zero-order valence-electron chi connectivity index (χ0n) is 23.5. The largest absolute Gasteiger partial charge is 0.465 e. The molecule has 4 heterocycles. The third-order valence-corrected chi connectivity index (χ3v) is 8.25. The average molecular weight is 584 g/mol. The molecule has 3 N–H and O–H groups in total. The van der Waals surface area contributed by atoms with Crippen molar-refractivity contribution in [3.05, 3.63) is 35.3 Å². The molecule has 13 nitrogen and oxygen atoms in total. The lowest BCUT2D eigenvalue weighted by atomic mass is 10.1. The highest BCUT2D eigenvalue weighted by atomic mass is 19.1. The summed E-state index contributed by atoms with van der Waals surface area (Å²) in [6.45, 7) is 2.15. The Hall–Kier alpha value is -3.88. The minimum absolute atomic E-state index is 0.0139. The highest BCUT2D eigenvalue weighted by Crippen LogP contribution is 2.32. The molecular formula is C28H34FN7O6. The average Bonchev–Trinajstić information content (AvgIpc) is 3.66. The molecule has 4 aliphatic rings. The maximum absolute atomic E-state index is 15.0. The molecule has 14 heteroatoms. The SMILES string of the molecule is CO[C@@H]1C[C@@H](C(=O)Nc2cc(F)c3c(c2)CC(CNCCC2CN(c4cnc5c(n4)NC(=O)CO5)C(=O)O2)C3)N(C)C1. The molecule has 0 saturated carbocycles. The Labute approximate surface area is 242 Å². The van der Waals surface area contributed by atoms with Crippen LogP contribution in [0.5, 0.6) is 5.88 Å². The van der Waals surface area contributed by atoms with Crippen molar-refractivity contribution in [3.63, 3.8) is 0 Å². The number of halogens is 1. The van der Waals surface area contributed by atoms with Crippen LogP contribution in [0.1, 0.15) is 24.0 Å². The summed E-state index contributed by atoms with van der Waals surface area (Å²) in [5.41, 5.74) is 2.09. The van der Waals surface area contributed by atoms with E-state index < -0.39 is 6.09 Å². The van der Waals surface area contributed by atoms with Crippen molar-refractivity contribution in [2.75, 3.05) is 62.5 Å². The van der Waals surface area contributed by atoms with Crippen molar-refractivity contribution in [3.8, 4) is 5.88 Å². The fourth-order valence-electron chi connectivity index (χ4n) is 6.06. The molecular weight excluding hydrogens is 549 g/mol.